The maximum absolute atomic E-state index is 10.9. The molecule has 0 aliphatic carbocycles. The van der Waals surface area contributed by atoms with Crippen LogP contribution in [0.15, 0.2) is 35.5 Å². The van der Waals surface area contributed by atoms with Gasteiger partial charge in [0.1, 0.15) is 5.82 Å². The maximum atomic E-state index is 10.9. The van der Waals surface area contributed by atoms with Gasteiger partial charge in [-0.15, -0.1) is 0 Å². The van der Waals surface area contributed by atoms with Gasteiger partial charge in [-0.2, -0.15) is 0 Å². The second-order valence-corrected chi connectivity index (χ2v) is 6.26. The number of aromatic nitrogens is 2. The molecule has 24 heavy (non-hydrogen) atoms. The van der Waals surface area contributed by atoms with E-state index in [2.05, 4.69) is 41.7 Å². The van der Waals surface area contributed by atoms with Crippen LogP contribution in [0.4, 0.5) is 5.82 Å². The van der Waals surface area contributed by atoms with Gasteiger partial charge in [-0.1, -0.05) is 30.8 Å². The predicted octanol–water partition coefficient (Wildman–Crippen LogP) is 3.88. The molecule has 0 aliphatic rings. The molecule has 6 heteroatoms. The van der Waals surface area contributed by atoms with Gasteiger partial charge in [0.05, 0.1) is 5.56 Å². The predicted molar refractivity (Wildman–Crippen MR) is 97.9 cm³/mol. The van der Waals surface area contributed by atoms with E-state index in [9.17, 15) is 4.79 Å². The quantitative estimate of drug-likeness (QED) is 0.578. The first-order valence-electron chi connectivity index (χ1n) is 8.15. The highest BCUT2D eigenvalue weighted by atomic mass is 32.2. The maximum Gasteiger partial charge on any atom is 0.335 e. The molecule has 128 valence electrons. The lowest BCUT2D eigenvalue weighted by Gasteiger charge is -2.20. The molecule has 0 aliphatic heterocycles. The number of aromatic carboxylic acids is 1. The summed E-state index contributed by atoms with van der Waals surface area (Å²) in [6, 6.07) is 8.99. The molecule has 0 radical (unpaired) electrons. The first-order valence-corrected chi connectivity index (χ1v) is 9.13. The summed E-state index contributed by atoms with van der Waals surface area (Å²) >= 11 is 1.57. The summed E-state index contributed by atoms with van der Waals surface area (Å²) in [5.74, 6) is 0.776. The molecule has 0 unspecified atom stereocenters. The summed E-state index contributed by atoms with van der Waals surface area (Å²) in [4.78, 5) is 22.4. The number of thioether (sulfide) groups is 1. The number of rotatable bonds is 8. The Morgan fingerprint density at radius 1 is 1.12 bits per heavy atom. The van der Waals surface area contributed by atoms with E-state index >= 15 is 0 Å². The number of carbonyl (C=O) groups is 1. The van der Waals surface area contributed by atoms with Gasteiger partial charge in [0, 0.05) is 30.6 Å². The van der Waals surface area contributed by atoms with E-state index in [1.807, 2.05) is 12.1 Å². The number of aryl methyl sites for hydroxylation is 1. The van der Waals surface area contributed by atoms with E-state index in [0.717, 1.165) is 41.7 Å². The first-order chi connectivity index (χ1) is 11.6. The molecule has 0 atom stereocenters. The van der Waals surface area contributed by atoms with Crippen molar-refractivity contribution in [3.05, 3.63) is 47.2 Å². The van der Waals surface area contributed by atoms with Gasteiger partial charge in [-0.05, 0) is 38.0 Å². The van der Waals surface area contributed by atoms with Crippen LogP contribution in [-0.4, -0.2) is 34.1 Å². The van der Waals surface area contributed by atoms with Crippen molar-refractivity contribution in [2.24, 2.45) is 0 Å². The number of benzene rings is 1. The highest BCUT2D eigenvalue weighted by Gasteiger charge is 2.10. The molecule has 0 fully saturated rings. The average molecular weight is 345 g/mol. The second kappa shape index (κ2) is 8.68. The van der Waals surface area contributed by atoms with E-state index in [1.165, 1.54) is 0 Å². The van der Waals surface area contributed by atoms with Crippen LogP contribution < -0.4 is 4.90 Å². The Hall–Kier alpha value is -2.08. The van der Waals surface area contributed by atoms with Crippen molar-refractivity contribution in [2.75, 3.05) is 18.0 Å². The van der Waals surface area contributed by atoms with E-state index in [-0.39, 0.29) is 0 Å². The molecule has 0 spiro atoms. The van der Waals surface area contributed by atoms with Crippen LogP contribution in [-0.2, 0) is 12.2 Å². The van der Waals surface area contributed by atoms with E-state index in [0.29, 0.717) is 11.3 Å². The Kier molecular flexibility index (Phi) is 6.61. The van der Waals surface area contributed by atoms with Gasteiger partial charge in [0.25, 0.3) is 0 Å². The third-order valence-electron chi connectivity index (χ3n) is 3.76. The van der Waals surface area contributed by atoms with Gasteiger partial charge in [-0.25, -0.2) is 14.8 Å². The highest BCUT2D eigenvalue weighted by molar-refractivity contribution is 7.98. The van der Waals surface area contributed by atoms with Crippen molar-refractivity contribution in [1.82, 2.24) is 9.97 Å². The third kappa shape index (κ3) is 4.71. The summed E-state index contributed by atoms with van der Waals surface area (Å²) in [7, 11) is 0. The lowest BCUT2D eigenvalue weighted by atomic mass is 10.1. The van der Waals surface area contributed by atoms with Crippen LogP contribution in [0.3, 0.4) is 0 Å². The molecule has 0 amide bonds. The number of anilines is 1. The van der Waals surface area contributed by atoms with E-state index < -0.39 is 5.97 Å². The van der Waals surface area contributed by atoms with Crippen molar-refractivity contribution >= 4 is 23.5 Å². The van der Waals surface area contributed by atoms with E-state index in [4.69, 9.17) is 5.11 Å². The SMILES string of the molecule is CCc1cc(N(CC)CC)nc(SCc2ccc(C(=O)O)cc2)n1. The van der Waals surface area contributed by atoms with Crippen LogP contribution in [0.5, 0.6) is 0 Å². The molecule has 2 aromatic rings. The number of nitrogens with zero attached hydrogens (tertiary/aromatic N) is 3. The fraction of sp³-hybridized carbons (Fsp3) is 0.389. The van der Waals surface area contributed by atoms with Crippen LogP contribution in [0.2, 0.25) is 0 Å². The third-order valence-corrected chi connectivity index (χ3v) is 4.68. The average Bonchev–Trinajstić information content (AvgIpc) is 2.61. The summed E-state index contributed by atoms with van der Waals surface area (Å²) in [5, 5.41) is 9.70. The van der Waals surface area contributed by atoms with Crippen LogP contribution in [0.25, 0.3) is 0 Å². The Bertz CT molecular complexity index is 685. The Balaban J connectivity index is 2.13. The number of carboxylic acid groups (broad SMARTS) is 1. The molecule has 5 nitrogen and oxygen atoms in total. The molecular weight excluding hydrogens is 322 g/mol. The molecule has 1 heterocycles. The summed E-state index contributed by atoms with van der Waals surface area (Å²) in [6.07, 6.45) is 0.873. The first kappa shape index (κ1) is 18.3. The molecule has 2 rings (SSSR count). The summed E-state index contributed by atoms with van der Waals surface area (Å²) < 4.78 is 0. The zero-order chi connectivity index (χ0) is 17.5. The molecule has 1 aromatic carbocycles. The van der Waals surface area contributed by atoms with Gasteiger partial charge in [0.15, 0.2) is 5.16 Å². The monoisotopic (exact) mass is 345 g/mol. The molecule has 0 saturated heterocycles. The van der Waals surface area contributed by atoms with Crippen molar-refractivity contribution in [3.8, 4) is 0 Å². The van der Waals surface area contributed by atoms with Gasteiger partial charge in [-0.3, -0.25) is 0 Å². The lowest BCUT2D eigenvalue weighted by Crippen LogP contribution is -2.23. The Morgan fingerprint density at radius 3 is 2.33 bits per heavy atom. The fourth-order valence-corrected chi connectivity index (χ4v) is 3.13. The summed E-state index contributed by atoms with van der Waals surface area (Å²) in [5.41, 5.74) is 2.40. The number of hydrogen-bond acceptors (Lipinski definition) is 5. The van der Waals surface area contributed by atoms with Crippen LogP contribution in [0, 0.1) is 0 Å². The standard InChI is InChI=1S/C18H23N3O2S/c1-4-15-11-16(21(5-2)6-3)20-18(19-15)24-12-13-7-9-14(10-8-13)17(22)23/h7-11H,4-6,12H2,1-3H3,(H,22,23). The number of carboxylic acids is 1. The van der Waals surface area contributed by atoms with Crippen molar-refractivity contribution in [2.45, 2.75) is 38.1 Å². The van der Waals surface area contributed by atoms with Gasteiger partial charge in [0.2, 0.25) is 0 Å². The summed E-state index contributed by atoms with van der Waals surface area (Å²) in [6.45, 7) is 8.16. The minimum atomic E-state index is -0.906. The molecule has 0 bridgehead atoms. The molecule has 0 saturated carbocycles. The topological polar surface area (TPSA) is 66.3 Å². The van der Waals surface area contributed by atoms with E-state index in [1.54, 1.807) is 23.9 Å². The Labute approximate surface area is 147 Å². The van der Waals surface area contributed by atoms with Gasteiger partial charge >= 0.3 is 5.97 Å². The minimum absolute atomic E-state index is 0.303. The van der Waals surface area contributed by atoms with Crippen molar-refractivity contribution in [3.63, 3.8) is 0 Å². The minimum Gasteiger partial charge on any atom is -0.478 e. The van der Waals surface area contributed by atoms with Gasteiger partial charge < -0.3 is 10.0 Å². The van der Waals surface area contributed by atoms with Crippen molar-refractivity contribution < 1.29 is 9.90 Å². The van der Waals surface area contributed by atoms with Crippen LogP contribution in [0.1, 0.15) is 42.4 Å². The smallest absolute Gasteiger partial charge is 0.335 e. The lowest BCUT2D eigenvalue weighted by molar-refractivity contribution is 0.0697. The molecule has 1 aromatic heterocycles. The van der Waals surface area contributed by atoms with Crippen molar-refractivity contribution in [1.29, 1.82) is 0 Å². The molecular formula is C18H23N3O2S. The Morgan fingerprint density at radius 2 is 1.79 bits per heavy atom. The van der Waals surface area contributed by atoms with Crippen LogP contribution >= 0.6 is 11.8 Å². The fourth-order valence-electron chi connectivity index (χ4n) is 2.31. The second-order valence-electron chi connectivity index (χ2n) is 5.32. The largest absolute Gasteiger partial charge is 0.478 e. The molecule has 1 N–H and O–H groups in total. The zero-order valence-corrected chi connectivity index (χ0v) is 15.1. The number of hydrogen-bond donors (Lipinski definition) is 1. The highest BCUT2D eigenvalue weighted by Crippen LogP contribution is 2.23. The zero-order valence-electron chi connectivity index (χ0n) is 14.3. The normalized spacial score (nSPS) is 10.6.